The largest absolute Gasteiger partial charge is 0.396 e. The van der Waals surface area contributed by atoms with E-state index in [-0.39, 0.29) is 41.8 Å². The fourth-order valence-corrected chi connectivity index (χ4v) is 5.12. The minimum Gasteiger partial charge on any atom is -0.396 e. The average Bonchev–Trinajstić information content (AvgIpc) is 3.16. The van der Waals surface area contributed by atoms with Crippen molar-refractivity contribution in [3.63, 3.8) is 0 Å². The van der Waals surface area contributed by atoms with Gasteiger partial charge in [-0.15, -0.1) is 0 Å². The molecule has 1 aliphatic carbocycles. The number of carbonyl (C=O) groups excluding carboxylic acids is 2. The maximum atomic E-state index is 15.0. The maximum Gasteiger partial charge on any atom is 0.228 e. The van der Waals surface area contributed by atoms with E-state index in [1.165, 1.54) is 19.2 Å². The number of anilines is 1. The van der Waals surface area contributed by atoms with Gasteiger partial charge in [0.25, 0.3) is 0 Å². The third kappa shape index (κ3) is 5.31. The van der Waals surface area contributed by atoms with Crippen LogP contribution < -0.4 is 10.6 Å². The minimum atomic E-state index is -0.505. The molecule has 1 aromatic carbocycles. The smallest absolute Gasteiger partial charge is 0.228 e. The van der Waals surface area contributed by atoms with Gasteiger partial charge in [0.2, 0.25) is 11.8 Å². The topological polar surface area (TPSA) is 109 Å². The molecule has 0 spiro atoms. The molecule has 2 amide bonds. The highest BCUT2D eigenvalue weighted by molar-refractivity contribution is 6.33. The number of aryl methyl sites for hydroxylation is 1. The fraction of sp³-hybridized carbons (Fsp3) is 0.440. The summed E-state index contributed by atoms with van der Waals surface area (Å²) in [5, 5.41) is 20.6. The Balaban J connectivity index is 1.62. The van der Waals surface area contributed by atoms with Crippen LogP contribution in [0.25, 0.3) is 22.0 Å². The van der Waals surface area contributed by atoms with E-state index in [4.69, 9.17) is 11.6 Å². The minimum absolute atomic E-state index is 0.0181. The lowest BCUT2D eigenvalue weighted by atomic mass is 9.85. The number of amides is 2. The van der Waals surface area contributed by atoms with Gasteiger partial charge in [-0.3, -0.25) is 14.3 Å². The molecule has 0 aliphatic heterocycles. The van der Waals surface area contributed by atoms with Gasteiger partial charge in [0, 0.05) is 49.0 Å². The number of pyridine rings is 1. The maximum absolute atomic E-state index is 15.0. The van der Waals surface area contributed by atoms with Crippen molar-refractivity contribution >= 4 is 40.1 Å². The molecule has 3 unspecified atom stereocenters. The van der Waals surface area contributed by atoms with Gasteiger partial charge in [-0.2, -0.15) is 5.10 Å². The van der Waals surface area contributed by atoms with E-state index in [9.17, 15) is 14.7 Å². The number of benzene rings is 1. The highest BCUT2D eigenvalue weighted by Crippen LogP contribution is 2.35. The lowest BCUT2D eigenvalue weighted by Crippen LogP contribution is -2.40. The molecule has 1 aliphatic rings. The van der Waals surface area contributed by atoms with Crippen LogP contribution in [0.1, 0.15) is 51.1 Å². The van der Waals surface area contributed by atoms with Crippen LogP contribution in [0.4, 0.5) is 10.2 Å². The Morgan fingerprint density at radius 2 is 2.09 bits per heavy atom. The van der Waals surface area contributed by atoms with E-state index < -0.39 is 5.82 Å². The van der Waals surface area contributed by atoms with E-state index in [0.29, 0.717) is 39.5 Å². The van der Waals surface area contributed by atoms with Gasteiger partial charge in [-0.05, 0) is 43.0 Å². The number of fused-ring (bicyclic) bond motifs is 1. The molecular weight excluding hydrogens is 473 g/mol. The summed E-state index contributed by atoms with van der Waals surface area (Å²) < 4.78 is 16.6. The number of aliphatic hydroxyl groups is 1. The van der Waals surface area contributed by atoms with Crippen molar-refractivity contribution in [1.82, 2.24) is 20.1 Å². The van der Waals surface area contributed by atoms with Crippen LogP contribution in [0, 0.1) is 11.7 Å². The lowest BCUT2D eigenvalue weighted by Gasteiger charge is -2.28. The summed E-state index contributed by atoms with van der Waals surface area (Å²) in [6.07, 6.45) is 4.43. The molecule has 35 heavy (non-hydrogen) atoms. The Labute approximate surface area is 207 Å². The first-order chi connectivity index (χ1) is 16.7. The summed E-state index contributed by atoms with van der Waals surface area (Å²) in [4.78, 5) is 28.5. The number of rotatable bonds is 6. The zero-order valence-electron chi connectivity index (χ0n) is 19.9. The Morgan fingerprint density at radius 1 is 1.31 bits per heavy atom. The molecule has 0 saturated heterocycles. The van der Waals surface area contributed by atoms with Crippen LogP contribution in [0.5, 0.6) is 0 Å². The predicted octanol–water partition coefficient (Wildman–Crippen LogP) is 4.16. The molecule has 1 saturated carbocycles. The first-order valence-corrected chi connectivity index (χ1v) is 12.1. The molecule has 4 rings (SSSR count). The van der Waals surface area contributed by atoms with Crippen molar-refractivity contribution in [2.75, 3.05) is 11.9 Å². The molecule has 2 aromatic heterocycles. The van der Waals surface area contributed by atoms with Crippen LogP contribution in [-0.2, 0) is 16.6 Å². The van der Waals surface area contributed by atoms with E-state index in [1.54, 1.807) is 23.9 Å². The standard InChI is InChI=1S/C25H29ClFN5O3/c1-13(12-33)24-19-8-16(9-21(27)23(19)31-32(24)3)18-10-22(28-11-20(18)26)30-25(35)15-5-4-6-17(7-15)29-14(2)34/h8-11,13,15,17,33H,4-7,12H2,1-3H3,(H,29,34)(H,28,30,35). The highest BCUT2D eigenvalue weighted by Gasteiger charge is 2.28. The number of hydrogen-bond donors (Lipinski definition) is 3. The van der Waals surface area contributed by atoms with Gasteiger partial charge >= 0.3 is 0 Å². The number of halogens is 2. The summed E-state index contributed by atoms with van der Waals surface area (Å²) in [5.74, 6) is -0.948. The average molecular weight is 502 g/mol. The number of nitrogens with zero attached hydrogens (tertiary/aromatic N) is 3. The SMILES string of the molecule is CC(=O)NC1CCCC(C(=O)Nc2cc(-c3cc(F)c4nn(C)c(C(C)CO)c4c3)c(Cl)cn2)C1. The number of aromatic nitrogens is 3. The summed E-state index contributed by atoms with van der Waals surface area (Å²) in [7, 11) is 1.72. The van der Waals surface area contributed by atoms with E-state index in [2.05, 4.69) is 20.7 Å². The van der Waals surface area contributed by atoms with Gasteiger partial charge < -0.3 is 15.7 Å². The molecule has 1 fully saturated rings. The zero-order chi connectivity index (χ0) is 25.3. The van der Waals surface area contributed by atoms with Crippen molar-refractivity contribution in [3.8, 4) is 11.1 Å². The molecular formula is C25H29ClFN5O3. The number of hydrogen-bond acceptors (Lipinski definition) is 5. The molecule has 186 valence electrons. The summed E-state index contributed by atoms with van der Waals surface area (Å²) in [6, 6.07) is 4.75. The fourth-order valence-electron chi connectivity index (χ4n) is 4.90. The number of nitrogens with one attached hydrogen (secondary N) is 2. The van der Waals surface area contributed by atoms with Crippen molar-refractivity contribution in [3.05, 3.63) is 40.9 Å². The van der Waals surface area contributed by atoms with Crippen LogP contribution in [-0.4, -0.2) is 44.3 Å². The van der Waals surface area contributed by atoms with Crippen molar-refractivity contribution in [2.24, 2.45) is 13.0 Å². The van der Waals surface area contributed by atoms with Crippen LogP contribution >= 0.6 is 11.6 Å². The van der Waals surface area contributed by atoms with E-state index in [0.717, 1.165) is 19.3 Å². The Kier molecular flexibility index (Phi) is 7.37. The molecule has 3 N–H and O–H groups in total. The number of carbonyl (C=O) groups is 2. The quantitative estimate of drug-likeness (QED) is 0.470. The second kappa shape index (κ2) is 10.3. The molecule has 3 atom stereocenters. The van der Waals surface area contributed by atoms with E-state index in [1.807, 2.05) is 6.92 Å². The summed E-state index contributed by atoms with van der Waals surface area (Å²) in [5.41, 5.74) is 1.97. The second-order valence-electron chi connectivity index (χ2n) is 9.25. The Hall–Kier alpha value is -3.04. The first kappa shape index (κ1) is 25.1. The lowest BCUT2D eigenvalue weighted by molar-refractivity contribution is -0.123. The van der Waals surface area contributed by atoms with Crippen molar-refractivity contribution in [1.29, 1.82) is 0 Å². The summed E-state index contributed by atoms with van der Waals surface area (Å²) in [6.45, 7) is 3.22. The van der Waals surface area contributed by atoms with E-state index >= 15 is 4.39 Å². The van der Waals surface area contributed by atoms with Crippen molar-refractivity contribution in [2.45, 2.75) is 51.5 Å². The van der Waals surface area contributed by atoms with Gasteiger partial charge in [-0.1, -0.05) is 24.9 Å². The van der Waals surface area contributed by atoms with Gasteiger partial charge in [-0.25, -0.2) is 9.37 Å². The Bertz CT molecular complexity index is 1280. The van der Waals surface area contributed by atoms with Crippen molar-refractivity contribution < 1.29 is 19.1 Å². The zero-order valence-corrected chi connectivity index (χ0v) is 20.7. The van der Waals surface area contributed by atoms with Crippen LogP contribution in [0.15, 0.2) is 24.4 Å². The number of aliphatic hydroxyl groups excluding tert-OH is 1. The predicted molar refractivity (Wildman–Crippen MR) is 133 cm³/mol. The molecule has 3 aromatic rings. The Morgan fingerprint density at radius 3 is 2.80 bits per heavy atom. The molecule has 0 bridgehead atoms. The monoisotopic (exact) mass is 501 g/mol. The molecule has 2 heterocycles. The summed E-state index contributed by atoms with van der Waals surface area (Å²) >= 11 is 6.42. The van der Waals surface area contributed by atoms with Crippen LogP contribution in [0.3, 0.4) is 0 Å². The third-order valence-corrected chi connectivity index (χ3v) is 6.85. The highest BCUT2D eigenvalue weighted by atomic mass is 35.5. The molecule has 10 heteroatoms. The van der Waals surface area contributed by atoms with Crippen LogP contribution in [0.2, 0.25) is 5.02 Å². The molecule has 8 nitrogen and oxygen atoms in total. The third-order valence-electron chi connectivity index (χ3n) is 6.55. The van der Waals surface area contributed by atoms with Gasteiger partial charge in [0.15, 0.2) is 5.82 Å². The molecule has 0 radical (unpaired) electrons. The normalized spacial score (nSPS) is 18.9. The first-order valence-electron chi connectivity index (χ1n) is 11.7. The second-order valence-corrected chi connectivity index (χ2v) is 9.65. The van der Waals surface area contributed by atoms with Gasteiger partial charge in [0.1, 0.15) is 11.3 Å². The van der Waals surface area contributed by atoms with Gasteiger partial charge in [0.05, 0.1) is 17.3 Å².